The molecule has 0 bridgehead atoms. The molecule has 1 aliphatic carbocycles. The van der Waals surface area contributed by atoms with Crippen LogP contribution in [0.1, 0.15) is 22.8 Å². The van der Waals surface area contributed by atoms with Crippen molar-refractivity contribution < 1.29 is 14.7 Å². The van der Waals surface area contributed by atoms with Gasteiger partial charge in [-0.2, -0.15) is 0 Å². The van der Waals surface area contributed by atoms with Crippen LogP contribution in [-0.2, 0) is 4.79 Å². The Kier molecular flexibility index (Phi) is 2.75. The maximum atomic E-state index is 12.6. The average Bonchev–Trinajstić information content (AvgIpc) is 2.47. The Balaban J connectivity index is 2.41. The van der Waals surface area contributed by atoms with Crippen molar-refractivity contribution in [3.05, 3.63) is 65.2 Å². The zero-order valence-electron chi connectivity index (χ0n) is 10.9. The molecule has 1 aliphatic rings. The highest BCUT2D eigenvalue weighted by atomic mass is 16.4. The van der Waals surface area contributed by atoms with E-state index in [2.05, 4.69) is 0 Å². The summed E-state index contributed by atoms with van der Waals surface area (Å²) in [6, 6.07) is 14.7. The van der Waals surface area contributed by atoms with Crippen molar-refractivity contribution in [3.63, 3.8) is 0 Å². The van der Waals surface area contributed by atoms with E-state index in [4.69, 9.17) is 0 Å². The Morgan fingerprint density at radius 3 is 1.85 bits per heavy atom. The lowest BCUT2D eigenvalue weighted by atomic mass is 9.80. The van der Waals surface area contributed by atoms with Gasteiger partial charge in [0.25, 0.3) is 0 Å². The number of carboxylic acid groups (broad SMARTS) is 1. The van der Waals surface area contributed by atoms with Crippen molar-refractivity contribution in [2.24, 2.45) is 0 Å². The van der Waals surface area contributed by atoms with Crippen LogP contribution in [0.3, 0.4) is 0 Å². The molecule has 2 aromatic carbocycles. The van der Waals surface area contributed by atoms with E-state index in [1.54, 1.807) is 18.2 Å². The minimum atomic E-state index is -1.07. The van der Waals surface area contributed by atoms with Crippen LogP contribution in [0.5, 0.6) is 0 Å². The van der Waals surface area contributed by atoms with Crippen LogP contribution in [0.4, 0.5) is 0 Å². The summed E-state index contributed by atoms with van der Waals surface area (Å²) in [4.78, 5) is 23.9. The fourth-order valence-electron chi connectivity index (χ4n) is 2.59. The third-order valence-electron chi connectivity index (χ3n) is 3.58. The van der Waals surface area contributed by atoms with Crippen molar-refractivity contribution in [2.45, 2.75) is 6.92 Å². The van der Waals surface area contributed by atoms with Gasteiger partial charge in [0, 0.05) is 16.7 Å². The monoisotopic (exact) mass is 264 g/mol. The third-order valence-corrected chi connectivity index (χ3v) is 3.58. The maximum Gasteiger partial charge on any atom is 0.332 e. The number of benzene rings is 2. The summed E-state index contributed by atoms with van der Waals surface area (Å²) in [5.41, 5.74) is 3.37. The summed E-state index contributed by atoms with van der Waals surface area (Å²) in [6.07, 6.45) is 0. The van der Waals surface area contributed by atoms with Gasteiger partial charge in [-0.05, 0) is 23.6 Å². The van der Waals surface area contributed by atoms with E-state index in [-0.39, 0.29) is 16.9 Å². The van der Waals surface area contributed by atoms with Gasteiger partial charge in [-0.25, -0.2) is 4.79 Å². The minimum Gasteiger partial charge on any atom is -0.478 e. The van der Waals surface area contributed by atoms with E-state index in [1.165, 1.54) is 6.92 Å². The highest BCUT2D eigenvalue weighted by molar-refractivity contribution is 6.37. The largest absolute Gasteiger partial charge is 0.478 e. The van der Waals surface area contributed by atoms with Gasteiger partial charge in [0.05, 0.1) is 0 Å². The molecule has 0 spiro atoms. The van der Waals surface area contributed by atoms with Crippen molar-refractivity contribution in [2.75, 3.05) is 0 Å². The second-order valence-electron chi connectivity index (χ2n) is 4.73. The van der Waals surface area contributed by atoms with Crippen LogP contribution >= 0.6 is 0 Å². The lowest BCUT2D eigenvalue weighted by Gasteiger charge is -2.22. The van der Waals surface area contributed by atoms with Gasteiger partial charge >= 0.3 is 5.97 Å². The summed E-state index contributed by atoms with van der Waals surface area (Å²) < 4.78 is 0. The second-order valence-corrected chi connectivity index (χ2v) is 4.73. The predicted octanol–water partition coefficient (Wildman–Crippen LogP) is 3.41. The number of rotatable bonds is 1. The van der Waals surface area contributed by atoms with Crippen molar-refractivity contribution >= 4 is 17.3 Å². The number of carboxylic acids is 1. The van der Waals surface area contributed by atoms with Crippen LogP contribution in [0.2, 0.25) is 0 Å². The lowest BCUT2D eigenvalue weighted by molar-refractivity contribution is -0.132. The number of fused-ring (bicyclic) bond motifs is 3. The van der Waals surface area contributed by atoms with Crippen LogP contribution in [0.25, 0.3) is 16.7 Å². The fraction of sp³-hybridized carbons (Fsp3) is 0.0588. The molecule has 3 heteroatoms. The Labute approximate surface area is 116 Å². The standard InChI is InChI=1S/C17H12O3/c1-10(17(19)20)15-13-8-4-2-6-11(13)12-7-3-5-9-14(12)16(15)18/h2-9H,1H3,(H,19,20). The molecule has 98 valence electrons. The van der Waals surface area contributed by atoms with Gasteiger partial charge in [0.2, 0.25) is 0 Å². The summed E-state index contributed by atoms with van der Waals surface area (Å²) in [6.45, 7) is 1.47. The number of allylic oxidation sites excluding steroid dienone is 1. The Hall–Kier alpha value is -2.68. The summed E-state index contributed by atoms with van der Waals surface area (Å²) in [5, 5.41) is 9.22. The number of Topliss-reactive ketones (excluding diaryl/α,β-unsaturated/α-hetero) is 1. The highest BCUT2D eigenvalue weighted by Gasteiger charge is 2.29. The zero-order valence-corrected chi connectivity index (χ0v) is 10.9. The molecule has 0 saturated carbocycles. The van der Waals surface area contributed by atoms with E-state index in [9.17, 15) is 14.7 Å². The summed E-state index contributed by atoms with van der Waals surface area (Å²) in [5.74, 6) is -1.29. The molecule has 0 aromatic heterocycles. The van der Waals surface area contributed by atoms with Crippen LogP contribution < -0.4 is 0 Å². The molecule has 1 N–H and O–H groups in total. The van der Waals surface area contributed by atoms with Crippen molar-refractivity contribution in [1.29, 1.82) is 0 Å². The SMILES string of the molecule is CC(C(=O)O)=C1C(=O)c2ccccc2-c2ccccc21. The molecule has 0 radical (unpaired) electrons. The van der Waals surface area contributed by atoms with Crippen LogP contribution in [-0.4, -0.2) is 16.9 Å². The Bertz CT molecular complexity index is 769. The molecule has 0 atom stereocenters. The molecule has 3 rings (SSSR count). The first-order chi connectivity index (χ1) is 9.61. The maximum absolute atomic E-state index is 12.6. The number of aliphatic carboxylic acids is 1. The number of hydrogen-bond acceptors (Lipinski definition) is 2. The first kappa shape index (κ1) is 12.4. The van der Waals surface area contributed by atoms with E-state index in [0.29, 0.717) is 11.1 Å². The number of carbonyl (C=O) groups excluding carboxylic acids is 1. The van der Waals surface area contributed by atoms with Crippen molar-refractivity contribution in [3.8, 4) is 11.1 Å². The van der Waals surface area contributed by atoms with E-state index in [1.807, 2.05) is 30.3 Å². The minimum absolute atomic E-state index is 0.0805. The molecular weight excluding hydrogens is 252 g/mol. The molecule has 0 saturated heterocycles. The summed E-state index contributed by atoms with van der Waals surface area (Å²) >= 11 is 0. The molecule has 0 unspecified atom stereocenters. The number of ketones is 1. The average molecular weight is 264 g/mol. The topological polar surface area (TPSA) is 54.4 Å². The number of hydrogen-bond donors (Lipinski definition) is 1. The van der Waals surface area contributed by atoms with Gasteiger partial charge in [-0.1, -0.05) is 48.5 Å². The lowest BCUT2D eigenvalue weighted by Crippen LogP contribution is -2.15. The molecule has 0 fully saturated rings. The molecule has 0 amide bonds. The quantitative estimate of drug-likeness (QED) is 0.803. The van der Waals surface area contributed by atoms with Gasteiger partial charge in [-0.15, -0.1) is 0 Å². The van der Waals surface area contributed by atoms with E-state index < -0.39 is 5.97 Å². The van der Waals surface area contributed by atoms with Crippen LogP contribution in [0, 0.1) is 0 Å². The first-order valence-corrected chi connectivity index (χ1v) is 6.29. The second kappa shape index (κ2) is 4.46. The predicted molar refractivity (Wildman–Crippen MR) is 76.4 cm³/mol. The van der Waals surface area contributed by atoms with Gasteiger partial charge in [0.15, 0.2) is 5.78 Å². The number of carbonyl (C=O) groups is 2. The fourth-order valence-corrected chi connectivity index (χ4v) is 2.59. The summed E-state index contributed by atoms with van der Waals surface area (Å²) in [7, 11) is 0. The van der Waals surface area contributed by atoms with Gasteiger partial charge in [0.1, 0.15) is 0 Å². The van der Waals surface area contributed by atoms with Gasteiger partial charge < -0.3 is 5.11 Å². The molecular formula is C17H12O3. The van der Waals surface area contributed by atoms with Crippen molar-refractivity contribution in [1.82, 2.24) is 0 Å². The van der Waals surface area contributed by atoms with Gasteiger partial charge in [-0.3, -0.25) is 4.79 Å². The molecule has 20 heavy (non-hydrogen) atoms. The molecule has 0 aliphatic heterocycles. The molecule has 2 aromatic rings. The molecule has 3 nitrogen and oxygen atoms in total. The Morgan fingerprint density at radius 1 is 0.850 bits per heavy atom. The van der Waals surface area contributed by atoms with E-state index >= 15 is 0 Å². The van der Waals surface area contributed by atoms with Crippen LogP contribution in [0.15, 0.2) is 54.1 Å². The first-order valence-electron chi connectivity index (χ1n) is 6.29. The highest BCUT2D eigenvalue weighted by Crippen LogP contribution is 2.40. The molecule has 0 heterocycles. The third kappa shape index (κ3) is 1.67. The van der Waals surface area contributed by atoms with E-state index in [0.717, 1.165) is 11.1 Å². The normalized spacial score (nSPS) is 15.3. The smallest absolute Gasteiger partial charge is 0.332 e. The Morgan fingerprint density at radius 2 is 1.30 bits per heavy atom. The zero-order chi connectivity index (χ0) is 14.3.